The van der Waals surface area contributed by atoms with Crippen molar-refractivity contribution < 1.29 is 28.7 Å². The summed E-state index contributed by atoms with van der Waals surface area (Å²) in [7, 11) is 0. The molecule has 206 valence electrons. The van der Waals surface area contributed by atoms with Crippen LogP contribution in [0, 0.1) is 5.92 Å². The molecule has 0 saturated heterocycles. The Hall–Kier alpha value is -3.67. The van der Waals surface area contributed by atoms with Crippen molar-refractivity contribution in [1.29, 1.82) is 0 Å². The van der Waals surface area contributed by atoms with Crippen molar-refractivity contribution in [2.45, 2.75) is 84.0 Å². The van der Waals surface area contributed by atoms with Gasteiger partial charge < -0.3 is 26.4 Å². The number of carbonyl (C=O) groups is 5. The third kappa shape index (κ3) is 12.7. The molecular weight excluding hydrogens is 480 g/mol. The first-order chi connectivity index (χ1) is 17.2. The molecule has 1 aromatic rings. The van der Waals surface area contributed by atoms with Gasteiger partial charge in [-0.3, -0.25) is 24.6 Å². The number of alkyl carbamates (subject to hydrolysis) is 1. The molecule has 1 aromatic carbocycles. The van der Waals surface area contributed by atoms with Crippen LogP contribution in [0.1, 0.15) is 59.4 Å². The molecule has 0 aliphatic rings. The molecule has 0 heterocycles. The lowest BCUT2D eigenvalue weighted by Crippen LogP contribution is -2.58. The normalized spacial score (nSPS) is 13.6. The monoisotopic (exact) mass is 520 g/mol. The van der Waals surface area contributed by atoms with Crippen LogP contribution in [0.4, 0.5) is 4.79 Å². The zero-order valence-electron chi connectivity index (χ0n) is 22.1. The molecule has 0 radical (unpaired) electrons. The van der Waals surface area contributed by atoms with Gasteiger partial charge in [0.25, 0.3) is 5.91 Å². The highest BCUT2D eigenvalue weighted by molar-refractivity contribution is 5.94. The largest absolute Gasteiger partial charge is 0.444 e. The van der Waals surface area contributed by atoms with E-state index in [1.54, 1.807) is 45.0 Å². The van der Waals surface area contributed by atoms with E-state index in [-0.39, 0.29) is 25.2 Å². The second-order valence-corrected chi connectivity index (χ2v) is 10.2. The maximum Gasteiger partial charge on any atom is 0.408 e. The Balaban J connectivity index is 3.14. The van der Waals surface area contributed by atoms with Gasteiger partial charge in [0, 0.05) is 12.8 Å². The predicted octanol–water partition coefficient (Wildman–Crippen LogP) is 0.394. The second kappa shape index (κ2) is 14.8. The number of nitrogens with two attached hydrogens (primary N) is 2. The molecule has 0 bridgehead atoms. The van der Waals surface area contributed by atoms with Crippen molar-refractivity contribution in [3.63, 3.8) is 0 Å². The highest BCUT2D eigenvalue weighted by Crippen LogP contribution is 2.11. The molecule has 0 aliphatic carbocycles. The Bertz CT molecular complexity index is 931. The topological polar surface area (TPSA) is 195 Å². The van der Waals surface area contributed by atoms with Crippen molar-refractivity contribution >= 4 is 29.7 Å². The van der Waals surface area contributed by atoms with Gasteiger partial charge in [-0.1, -0.05) is 44.2 Å². The van der Waals surface area contributed by atoms with Gasteiger partial charge in [-0.15, -0.1) is 0 Å². The number of amides is 5. The number of nitrogens with one attached hydrogen (secondary N) is 4. The van der Waals surface area contributed by atoms with Gasteiger partial charge >= 0.3 is 6.09 Å². The van der Waals surface area contributed by atoms with Crippen LogP contribution in [0.25, 0.3) is 0 Å². The highest BCUT2D eigenvalue weighted by atomic mass is 16.6. The van der Waals surface area contributed by atoms with E-state index < -0.39 is 53.4 Å². The van der Waals surface area contributed by atoms with E-state index in [0.717, 1.165) is 5.56 Å². The number of carbonyl (C=O) groups excluding carboxylic acids is 5. The maximum absolute atomic E-state index is 13.3. The lowest BCUT2D eigenvalue weighted by Gasteiger charge is -2.27. The Labute approximate surface area is 217 Å². The molecule has 0 saturated carbocycles. The molecule has 12 heteroatoms. The van der Waals surface area contributed by atoms with Gasteiger partial charge in [0.15, 0.2) is 0 Å². The van der Waals surface area contributed by atoms with E-state index in [4.69, 9.17) is 16.3 Å². The molecule has 1 rings (SSSR count). The van der Waals surface area contributed by atoms with Crippen LogP contribution in [0.5, 0.6) is 0 Å². The Kier molecular flexibility index (Phi) is 12.5. The summed E-state index contributed by atoms with van der Waals surface area (Å²) < 4.78 is 5.28. The number of ether oxygens (including phenoxy) is 1. The van der Waals surface area contributed by atoms with Gasteiger partial charge in [0.1, 0.15) is 23.7 Å². The summed E-state index contributed by atoms with van der Waals surface area (Å²) in [6.45, 7) is 8.89. The third-order valence-electron chi connectivity index (χ3n) is 5.08. The van der Waals surface area contributed by atoms with Crippen molar-refractivity contribution in [3.8, 4) is 0 Å². The second-order valence-electron chi connectivity index (χ2n) is 10.2. The molecule has 8 N–H and O–H groups in total. The molecule has 0 unspecified atom stereocenters. The lowest BCUT2D eigenvalue weighted by molar-refractivity contribution is -0.133. The minimum absolute atomic E-state index is 0.0403. The van der Waals surface area contributed by atoms with Gasteiger partial charge in [0.2, 0.25) is 17.7 Å². The van der Waals surface area contributed by atoms with Gasteiger partial charge in [-0.2, -0.15) is 0 Å². The minimum atomic E-state index is -1.15. The van der Waals surface area contributed by atoms with E-state index in [1.807, 2.05) is 25.3 Å². The zero-order chi connectivity index (χ0) is 28.2. The first kappa shape index (κ1) is 31.4. The molecule has 37 heavy (non-hydrogen) atoms. The Morgan fingerprint density at radius 3 is 1.95 bits per heavy atom. The standard InChI is InChI=1S/C25H40N6O6/c1-15(2)13-18(30-24(36)37-25(3,4)5)21(33)29-19(14-16-9-7-6-8-10-16)22(34)28-17(23(35)31-27)11-12-20(26)32/h6-10,15,17-19H,11-14,27H2,1-5H3,(H2,26,32)(H,28,34)(H,29,33)(H,30,36)(H,31,35)/t17-,18-,19-/m1/s1. The predicted molar refractivity (Wildman–Crippen MR) is 137 cm³/mol. The number of hydrogen-bond donors (Lipinski definition) is 6. The Morgan fingerprint density at radius 2 is 1.43 bits per heavy atom. The molecule has 0 fully saturated rings. The number of benzene rings is 1. The fourth-order valence-corrected chi connectivity index (χ4v) is 3.41. The lowest BCUT2D eigenvalue weighted by atomic mass is 10.0. The fraction of sp³-hybridized carbons (Fsp3) is 0.560. The summed E-state index contributed by atoms with van der Waals surface area (Å²) in [5.74, 6) is 2.63. The third-order valence-corrected chi connectivity index (χ3v) is 5.08. The van der Waals surface area contributed by atoms with Crippen LogP contribution in [0.3, 0.4) is 0 Å². The summed E-state index contributed by atoms with van der Waals surface area (Å²) >= 11 is 0. The molecule has 0 spiro atoms. The van der Waals surface area contributed by atoms with Gasteiger partial charge in [-0.25, -0.2) is 10.6 Å². The van der Waals surface area contributed by atoms with Crippen molar-refractivity contribution in [1.82, 2.24) is 21.4 Å². The molecule has 5 amide bonds. The SMILES string of the molecule is CC(C)C[C@@H](NC(=O)OC(C)(C)C)C(=O)N[C@H](Cc1ccccc1)C(=O)N[C@H](CCC(N)=O)C(=O)NN. The highest BCUT2D eigenvalue weighted by Gasteiger charge is 2.31. The van der Waals surface area contributed by atoms with Crippen molar-refractivity contribution in [2.24, 2.45) is 17.5 Å². The van der Waals surface area contributed by atoms with Crippen LogP contribution in [0.15, 0.2) is 30.3 Å². The summed E-state index contributed by atoms with van der Waals surface area (Å²) in [6.07, 6.45) is -0.604. The summed E-state index contributed by atoms with van der Waals surface area (Å²) in [4.78, 5) is 62.2. The first-order valence-corrected chi connectivity index (χ1v) is 12.1. The van der Waals surface area contributed by atoms with E-state index in [2.05, 4.69) is 16.0 Å². The van der Waals surface area contributed by atoms with E-state index >= 15 is 0 Å². The average Bonchev–Trinajstić information content (AvgIpc) is 2.79. The molecule has 3 atom stereocenters. The molecule has 12 nitrogen and oxygen atoms in total. The first-order valence-electron chi connectivity index (χ1n) is 12.1. The quantitative estimate of drug-likeness (QED) is 0.123. The van der Waals surface area contributed by atoms with Crippen LogP contribution in [-0.4, -0.2) is 53.4 Å². The smallest absolute Gasteiger partial charge is 0.408 e. The number of hydrazine groups is 1. The van der Waals surface area contributed by atoms with Crippen LogP contribution < -0.4 is 33.0 Å². The summed E-state index contributed by atoms with van der Waals surface area (Å²) in [5.41, 5.74) is 7.11. The summed E-state index contributed by atoms with van der Waals surface area (Å²) in [5, 5.41) is 7.80. The zero-order valence-corrected chi connectivity index (χ0v) is 22.1. The van der Waals surface area contributed by atoms with Crippen molar-refractivity contribution in [3.05, 3.63) is 35.9 Å². The minimum Gasteiger partial charge on any atom is -0.444 e. The van der Waals surface area contributed by atoms with Crippen LogP contribution in [-0.2, 0) is 30.3 Å². The van der Waals surface area contributed by atoms with E-state index in [1.165, 1.54) is 0 Å². The number of primary amides is 1. The fourth-order valence-electron chi connectivity index (χ4n) is 3.41. The van der Waals surface area contributed by atoms with Gasteiger partial charge in [-0.05, 0) is 45.1 Å². The van der Waals surface area contributed by atoms with Crippen molar-refractivity contribution in [2.75, 3.05) is 0 Å². The number of rotatable bonds is 13. The maximum atomic E-state index is 13.3. The average molecular weight is 521 g/mol. The molecule has 0 aliphatic heterocycles. The van der Waals surface area contributed by atoms with E-state index in [9.17, 15) is 24.0 Å². The van der Waals surface area contributed by atoms with Crippen LogP contribution in [0.2, 0.25) is 0 Å². The summed E-state index contributed by atoms with van der Waals surface area (Å²) in [6, 6.07) is 5.73. The van der Waals surface area contributed by atoms with Crippen LogP contribution >= 0.6 is 0 Å². The molecular formula is C25H40N6O6. The van der Waals surface area contributed by atoms with E-state index in [0.29, 0.717) is 6.42 Å². The molecule has 0 aromatic heterocycles. The Morgan fingerprint density at radius 1 is 0.865 bits per heavy atom. The van der Waals surface area contributed by atoms with Gasteiger partial charge in [0.05, 0.1) is 0 Å². The number of hydrogen-bond acceptors (Lipinski definition) is 7.